The lowest BCUT2D eigenvalue weighted by atomic mass is 9.87. The lowest BCUT2D eigenvalue weighted by molar-refractivity contribution is -0.0348. The van der Waals surface area contributed by atoms with Crippen LogP contribution in [0.5, 0.6) is 5.88 Å². The van der Waals surface area contributed by atoms with Gasteiger partial charge in [-0.05, 0) is 81.7 Å². The summed E-state index contributed by atoms with van der Waals surface area (Å²) in [4.78, 5) is 25.1. The number of anilines is 1. The number of carbonyl (C=O) groups is 1. The molecule has 2 aliphatic rings. The van der Waals surface area contributed by atoms with Gasteiger partial charge in [-0.15, -0.1) is 0 Å². The fourth-order valence-corrected chi connectivity index (χ4v) is 6.99. The minimum atomic E-state index is -4.12. The van der Waals surface area contributed by atoms with Crippen molar-refractivity contribution in [3.05, 3.63) is 65.2 Å². The van der Waals surface area contributed by atoms with E-state index in [4.69, 9.17) is 9.47 Å². The zero-order valence-electron chi connectivity index (χ0n) is 26.1. The first kappa shape index (κ1) is 30.9. The molecule has 43 heavy (non-hydrogen) atoms. The maximum Gasteiger partial charge on any atom is 0.264 e. The summed E-state index contributed by atoms with van der Waals surface area (Å²) >= 11 is 0. The molecule has 0 saturated carbocycles. The molecule has 0 spiro atoms. The molecule has 1 amide bonds. The van der Waals surface area contributed by atoms with E-state index in [2.05, 4.69) is 49.3 Å². The zero-order chi connectivity index (χ0) is 31.2. The Morgan fingerprint density at radius 1 is 1.05 bits per heavy atom. The average Bonchev–Trinajstić information content (AvgIpc) is 3.26. The maximum atomic E-state index is 14.2. The van der Waals surface area contributed by atoms with Crippen molar-refractivity contribution in [1.82, 2.24) is 14.9 Å². The van der Waals surface area contributed by atoms with E-state index < -0.39 is 10.0 Å². The molecular weight excluding hydrogens is 564 g/mol. The van der Waals surface area contributed by atoms with E-state index in [-0.39, 0.29) is 58.0 Å². The SMILES string of the molecule is Cc1cccc(C)c1-c1cc2nc(n1)NS(=O)(=O)c1cccc(c1)C(=O)N(CC1CCC(C)(C)O1)[C@H](CC(C)(C)C)CO2. The largest absolute Gasteiger partial charge is 0.475 e. The molecular formula is C33H42N4O5S. The number of rotatable bonds is 4. The Bertz CT molecular complexity index is 1610. The number of fused-ring (bicyclic) bond motifs is 4. The smallest absolute Gasteiger partial charge is 0.264 e. The fraction of sp³-hybridized carbons (Fsp3) is 0.485. The molecule has 1 fully saturated rings. The van der Waals surface area contributed by atoms with E-state index in [1.165, 1.54) is 12.1 Å². The molecule has 9 nitrogen and oxygen atoms in total. The lowest BCUT2D eigenvalue weighted by Crippen LogP contribution is -2.49. The van der Waals surface area contributed by atoms with Crippen molar-refractivity contribution >= 4 is 21.9 Å². The maximum absolute atomic E-state index is 14.2. The van der Waals surface area contributed by atoms with Crippen molar-refractivity contribution < 1.29 is 22.7 Å². The summed E-state index contributed by atoms with van der Waals surface area (Å²) in [5.41, 5.74) is 3.28. The highest BCUT2D eigenvalue weighted by atomic mass is 32.2. The topological polar surface area (TPSA) is 111 Å². The molecule has 2 atom stereocenters. The number of benzene rings is 2. The molecule has 230 valence electrons. The van der Waals surface area contributed by atoms with Gasteiger partial charge in [0.05, 0.1) is 28.3 Å². The predicted molar refractivity (Wildman–Crippen MR) is 167 cm³/mol. The van der Waals surface area contributed by atoms with Crippen LogP contribution >= 0.6 is 0 Å². The van der Waals surface area contributed by atoms with Crippen LogP contribution in [0.2, 0.25) is 0 Å². The van der Waals surface area contributed by atoms with Gasteiger partial charge in [-0.25, -0.2) is 18.1 Å². The molecule has 3 heterocycles. The van der Waals surface area contributed by atoms with Gasteiger partial charge < -0.3 is 14.4 Å². The van der Waals surface area contributed by atoms with Crippen molar-refractivity contribution in [2.24, 2.45) is 5.41 Å². The normalized spacial score (nSPS) is 21.7. The number of aromatic nitrogens is 2. The van der Waals surface area contributed by atoms with Crippen molar-refractivity contribution in [3.63, 3.8) is 0 Å². The standard InChI is InChI=1S/C33H42N4O5S/c1-21-10-8-11-22(2)29(21)27-17-28-35-31(34-27)36-43(39,40)26-13-9-12-23(16-26)30(38)37(19-25-14-15-33(6,7)42-25)24(20-41-28)18-32(3,4)5/h8-13,16-17,24-25H,14-15,18-20H2,1-7H3,(H,34,35,36)/t24-,25?/m1/s1. The molecule has 4 bridgehead atoms. The van der Waals surface area contributed by atoms with Crippen LogP contribution in [-0.4, -0.2) is 60.1 Å². The lowest BCUT2D eigenvalue weighted by Gasteiger charge is -2.37. The minimum absolute atomic E-state index is 0.0493. The number of sulfonamides is 1. The summed E-state index contributed by atoms with van der Waals surface area (Å²) in [6.45, 7) is 15.0. The van der Waals surface area contributed by atoms with Gasteiger partial charge in [0.25, 0.3) is 15.9 Å². The molecule has 5 rings (SSSR count). The van der Waals surface area contributed by atoms with Gasteiger partial charge in [-0.1, -0.05) is 45.0 Å². The average molecular weight is 607 g/mol. The number of aryl methyl sites for hydroxylation is 2. The molecule has 0 radical (unpaired) electrons. The molecule has 0 aliphatic carbocycles. The zero-order valence-corrected chi connectivity index (χ0v) is 26.9. The third kappa shape index (κ3) is 7.18. The summed E-state index contributed by atoms with van der Waals surface area (Å²) in [5.74, 6) is -0.144. The Kier molecular flexibility index (Phi) is 8.30. The Morgan fingerprint density at radius 2 is 1.74 bits per heavy atom. The molecule has 2 aliphatic heterocycles. The Balaban J connectivity index is 1.65. The molecule has 1 unspecified atom stereocenters. The predicted octanol–water partition coefficient (Wildman–Crippen LogP) is 6.16. The van der Waals surface area contributed by atoms with E-state index in [1.54, 1.807) is 18.2 Å². The van der Waals surface area contributed by atoms with Gasteiger partial charge in [-0.3, -0.25) is 4.79 Å². The monoisotopic (exact) mass is 606 g/mol. The molecule has 10 heteroatoms. The first-order chi connectivity index (χ1) is 20.1. The van der Waals surface area contributed by atoms with Gasteiger partial charge in [0.1, 0.15) is 6.61 Å². The van der Waals surface area contributed by atoms with Crippen LogP contribution in [0, 0.1) is 19.3 Å². The van der Waals surface area contributed by atoms with Gasteiger partial charge in [0.15, 0.2) is 0 Å². The highest BCUT2D eigenvalue weighted by Crippen LogP contribution is 2.34. The fourth-order valence-electron chi connectivity index (χ4n) is 6.00. The van der Waals surface area contributed by atoms with Crippen LogP contribution in [-0.2, 0) is 14.8 Å². The summed E-state index contributed by atoms with van der Waals surface area (Å²) in [6.07, 6.45) is 2.22. The van der Waals surface area contributed by atoms with Gasteiger partial charge in [0, 0.05) is 23.7 Å². The second kappa shape index (κ2) is 11.5. The Hall–Kier alpha value is -3.50. The van der Waals surface area contributed by atoms with Crippen molar-refractivity contribution in [2.75, 3.05) is 17.9 Å². The summed E-state index contributed by atoms with van der Waals surface area (Å²) in [7, 11) is -4.12. The van der Waals surface area contributed by atoms with Crippen LogP contribution in [0.4, 0.5) is 5.95 Å². The van der Waals surface area contributed by atoms with E-state index in [0.717, 1.165) is 29.5 Å². The Morgan fingerprint density at radius 3 is 2.40 bits per heavy atom. The molecule has 1 saturated heterocycles. The number of ether oxygens (including phenoxy) is 2. The number of hydrogen-bond donors (Lipinski definition) is 1. The second-order valence-electron chi connectivity index (χ2n) is 13.5. The van der Waals surface area contributed by atoms with Gasteiger partial charge in [0.2, 0.25) is 11.8 Å². The highest BCUT2D eigenvalue weighted by Gasteiger charge is 2.37. The molecule has 1 aromatic heterocycles. The number of hydrogen-bond acceptors (Lipinski definition) is 7. The van der Waals surface area contributed by atoms with Crippen molar-refractivity contribution in [2.45, 2.75) is 90.4 Å². The first-order valence-electron chi connectivity index (χ1n) is 14.8. The summed E-state index contributed by atoms with van der Waals surface area (Å²) in [5, 5.41) is 0. The minimum Gasteiger partial charge on any atom is -0.475 e. The van der Waals surface area contributed by atoms with Crippen LogP contribution in [0.25, 0.3) is 11.3 Å². The van der Waals surface area contributed by atoms with E-state index in [9.17, 15) is 13.2 Å². The highest BCUT2D eigenvalue weighted by molar-refractivity contribution is 7.92. The van der Waals surface area contributed by atoms with E-state index >= 15 is 0 Å². The third-order valence-electron chi connectivity index (χ3n) is 7.98. The van der Waals surface area contributed by atoms with E-state index in [0.29, 0.717) is 18.7 Å². The number of amides is 1. The second-order valence-corrected chi connectivity index (χ2v) is 15.2. The van der Waals surface area contributed by atoms with Crippen LogP contribution in [0.1, 0.15) is 75.4 Å². The molecule has 1 N–H and O–H groups in total. The first-order valence-corrected chi connectivity index (χ1v) is 16.3. The van der Waals surface area contributed by atoms with Crippen molar-refractivity contribution in [3.8, 4) is 17.1 Å². The number of nitrogens with zero attached hydrogens (tertiary/aromatic N) is 3. The van der Waals surface area contributed by atoms with Gasteiger partial charge in [-0.2, -0.15) is 4.98 Å². The van der Waals surface area contributed by atoms with Gasteiger partial charge >= 0.3 is 0 Å². The van der Waals surface area contributed by atoms with Crippen LogP contribution in [0.3, 0.4) is 0 Å². The quantitative estimate of drug-likeness (QED) is 0.379. The Labute approximate surface area is 255 Å². The number of nitrogens with one attached hydrogen (secondary N) is 1. The third-order valence-corrected chi connectivity index (χ3v) is 9.31. The van der Waals surface area contributed by atoms with E-state index in [1.807, 2.05) is 36.9 Å². The molecule has 3 aromatic rings. The summed E-state index contributed by atoms with van der Waals surface area (Å²) in [6, 6.07) is 13.4. The molecule has 2 aromatic carbocycles. The van der Waals surface area contributed by atoms with Crippen LogP contribution in [0.15, 0.2) is 53.4 Å². The summed E-state index contributed by atoms with van der Waals surface area (Å²) < 4.78 is 42.3. The van der Waals surface area contributed by atoms with Crippen molar-refractivity contribution in [1.29, 1.82) is 0 Å². The van der Waals surface area contributed by atoms with Crippen LogP contribution < -0.4 is 9.46 Å². The number of carbonyl (C=O) groups excluding carboxylic acids is 1.